The van der Waals surface area contributed by atoms with Crippen molar-refractivity contribution in [2.75, 3.05) is 12.0 Å². The number of nitrogens with two attached hydrogens (primary N) is 1. The lowest BCUT2D eigenvalue weighted by atomic mass is 9.97. The van der Waals surface area contributed by atoms with E-state index < -0.39 is 15.4 Å². The van der Waals surface area contributed by atoms with Crippen molar-refractivity contribution in [2.24, 2.45) is 5.73 Å². The first kappa shape index (κ1) is 17.7. The fraction of sp³-hybridized carbons (Fsp3) is 0.909. The van der Waals surface area contributed by atoms with Crippen molar-refractivity contribution >= 4 is 28.2 Å². The Morgan fingerprint density at radius 3 is 2.33 bits per heavy atom. The molecule has 1 rings (SSSR count). The van der Waals surface area contributed by atoms with Crippen LogP contribution in [0.1, 0.15) is 39.0 Å². The van der Waals surface area contributed by atoms with E-state index in [-0.39, 0.29) is 30.1 Å². The third-order valence-electron chi connectivity index (χ3n) is 3.25. The molecular weight excluding hydrogens is 276 g/mol. The van der Waals surface area contributed by atoms with Crippen LogP contribution in [0.5, 0.6) is 0 Å². The molecule has 1 aliphatic carbocycles. The lowest BCUT2D eigenvalue weighted by molar-refractivity contribution is -0.126. The predicted octanol–water partition coefficient (Wildman–Crippen LogP) is 0.619. The van der Waals surface area contributed by atoms with Crippen LogP contribution in [0.2, 0.25) is 0 Å². The highest BCUT2D eigenvalue weighted by Crippen LogP contribution is 2.27. The molecule has 1 aliphatic rings. The minimum Gasteiger partial charge on any atom is -0.352 e. The highest BCUT2D eigenvalue weighted by molar-refractivity contribution is 7.90. The molecule has 0 aromatic carbocycles. The Balaban J connectivity index is 0.00000289. The highest BCUT2D eigenvalue weighted by Gasteiger charge is 2.37. The van der Waals surface area contributed by atoms with Crippen molar-refractivity contribution in [3.63, 3.8) is 0 Å². The molecule has 0 radical (unpaired) electrons. The number of amides is 1. The minimum atomic E-state index is -2.97. The summed E-state index contributed by atoms with van der Waals surface area (Å²) in [6.07, 6.45) is 5.04. The van der Waals surface area contributed by atoms with Gasteiger partial charge in [-0.2, -0.15) is 0 Å². The number of carbonyl (C=O) groups is 1. The second kappa shape index (κ2) is 6.73. The zero-order valence-electron chi connectivity index (χ0n) is 10.9. The fourth-order valence-corrected chi connectivity index (χ4v) is 2.85. The van der Waals surface area contributed by atoms with Gasteiger partial charge in [0.1, 0.15) is 9.84 Å². The Morgan fingerprint density at radius 2 is 1.89 bits per heavy atom. The molecule has 1 fully saturated rings. The van der Waals surface area contributed by atoms with Crippen LogP contribution < -0.4 is 11.1 Å². The molecule has 18 heavy (non-hydrogen) atoms. The first-order valence-corrected chi connectivity index (χ1v) is 8.06. The summed E-state index contributed by atoms with van der Waals surface area (Å²) in [5.74, 6) is -0.0533. The molecule has 3 N–H and O–H groups in total. The molecule has 0 aromatic heterocycles. The van der Waals surface area contributed by atoms with Crippen molar-refractivity contribution in [1.29, 1.82) is 0 Å². The van der Waals surface area contributed by atoms with E-state index in [1.165, 1.54) is 6.26 Å². The van der Waals surface area contributed by atoms with Gasteiger partial charge in [-0.1, -0.05) is 12.8 Å². The zero-order valence-corrected chi connectivity index (χ0v) is 12.6. The van der Waals surface area contributed by atoms with E-state index in [1.54, 1.807) is 6.92 Å². The van der Waals surface area contributed by atoms with Crippen LogP contribution >= 0.6 is 12.4 Å². The van der Waals surface area contributed by atoms with E-state index in [4.69, 9.17) is 5.73 Å². The SMILES string of the molecule is CC(CCS(C)(=O)=O)NC(=O)C1(N)CCCC1.Cl. The van der Waals surface area contributed by atoms with Gasteiger partial charge in [0.05, 0.1) is 11.3 Å². The van der Waals surface area contributed by atoms with Gasteiger partial charge in [-0.15, -0.1) is 12.4 Å². The maximum Gasteiger partial charge on any atom is 0.240 e. The Labute approximate surface area is 115 Å². The van der Waals surface area contributed by atoms with Crippen molar-refractivity contribution in [3.05, 3.63) is 0 Å². The van der Waals surface area contributed by atoms with E-state index in [0.29, 0.717) is 6.42 Å². The summed E-state index contributed by atoms with van der Waals surface area (Å²) in [6, 6.07) is -0.154. The molecule has 1 atom stereocenters. The van der Waals surface area contributed by atoms with Gasteiger partial charge in [0, 0.05) is 12.3 Å². The van der Waals surface area contributed by atoms with Crippen LogP contribution in [0.15, 0.2) is 0 Å². The molecule has 0 bridgehead atoms. The Bertz CT molecular complexity index is 378. The van der Waals surface area contributed by atoms with Gasteiger partial charge in [-0.25, -0.2) is 8.42 Å². The molecule has 108 valence electrons. The van der Waals surface area contributed by atoms with Gasteiger partial charge >= 0.3 is 0 Å². The zero-order chi connectivity index (χ0) is 13.1. The summed E-state index contributed by atoms with van der Waals surface area (Å²) in [4.78, 5) is 11.9. The number of hydrogen-bond donors (Lipinski definition) is 2. The van der Waals surface area contributed by atoms with Crippen molar-refractivity contribution in [1.82, 2.24) is 5.32 Å². The van der Waals surface area contributed by atoms with Gasteiger partial charge in [-0.3, -0.25) is 4.79 Å². The molecule has 0 saturated heterocycles. The maximum atomic E-state index is 11.9. The van der Waals surface area contributed by atoms with Crippen molar-refractivity contribution in [3.8, 4) is 0 Å². The molecule has 7 heteroatoms. The van der Waals surface area contributed by atoms with Crippen molar-refractivity contribution < 1.29 is 13.2 Å². The summed E-state index contributed by atoms with van der Waals surface area (Å²) in [5, 5.41) is 2.81. The number of rotatable bonds is 5. The molecule has 0 spiro atoms. The van der Waals surface area contributed by atoms with E-state index in [0.717, 1.165) is 25.7 Å². The van der Waals surface area contributed by atoms with Crippen LogP contribution in [0.3, 0.4) is 0 Å². The van der Waals surface area contributed by atoms with Crippen LogP contribution in [-0.4, -0.2) is 37.9 Å². The summed E-state index contributed by atoms with van der Waals surface area (Å²) in [6.45, 7) is 1.81. The molecule has 0 aliphatic heterocycles. The molecular formula is C11H23ClN2O3S. The van der Waals surface area contributed by atoms with Gasteiger partial charge < -0.3 is 11.1 Å². The molecule has 0 heterocycles. The van der Waals surface area contributed by atoms with Gasteiger partial charge in [0.2, 0.25) is 5.91 Å². The lowest BCUT2D eigenvalue weighted by Crippen LogP contribution is -2.54. The minimum absolute atomic E-state index is 0. The first-order valence-electron chi connectivity index (χ1n) is 6.00. The number of nitrogens with one attached hydrogen (secondary N) is 1. The summed E-state index contributed by atoms with van der Waals surface area (Å²) >= 11 is 0. The first-order chi connectivity index (χ1) is 7.73. The molecule has 1 unspecified atom stereocenters. The van der Waals surface area contributed by atoms with E-state index in [2.05, 4.69) is 5.32 Å². The maximum absolute atomic E-state index is 11.9. The van der Waals surface area contributed by atoms with Gasteiger partial charge in [-0.05, 0) is 26.2 Å². The standard InChI is InChI=1S/C11H22N2O3S.ClH/c1-9(5-8-17(2,15)16)13-10(14)11(12)6-3-4-7-11;/h9H,3-8,12H2,1-2H3,(H,13,14);1H. The van der Waals surface area contributed by atoms with E-state index in [1.807, 2.05) is 0 Å². The van der Waals surface area contributed by atoms with Gasteiger partial charge in [0.25, 0.3) is 0 Å². The van der Waals surface area contributed by atoms with Crippen LogP contribution in [0, 0.1) is 0 Å². The summed E-state index contributed by atoms with van der Waals surface area (Å²) < 4.78 is 22.0. The molecule has 5 nitrogen and oxygen atoms in total. The summed E-state index contributed by atoms with van der Waals surface area (Å²) in [5.41, 5.74) is 5.27. The lowest BCUT2D eigenvalue weighted by Gasteiger charge is -2.25. The topological polar surface area (TPSA) is 89.3 Å². The average molecular weight is 299 g/mol. The third kappa shape index (κ3) is 5.54. The monoisotopic (exact) mass is 298 g/mol. The quantitative estimate of drug-likeness (QED) is 0.778. The normalized spacial score (nSPS) is 19.9. The van der Waals surface area contributed by atoms with Crippen LogP contribution in [-0.2, 0) is 14.6 Å². The van der Waals surface area contributed by atoms with E-state index >= 15 is 0 Å². The molecule has 0 aromatic rings. The Kier molecular flexibility index (Phi) is 6.60. The predicted molar refractivity (Wildman–Crippen MR) is 74.6 cm³/mol. The second-order valence-corrected chi connectivity index (χ2v) is 7.42. The van der Waals surface area contributed by atoms with Crippen LogP contribution in [0.25, 0.3) is 0 Å². The average Bonchev–Trinajstić information content (AvgIpc) is 2.62. The Hall–Kier alpha value is -0.330. The second-order valence-electron chi connectivity index (χ2n) is 5.16. The highest BCUT2D eigenvalue weighted by atomic mass is 35.5. The summed E-state index contributed by atoms with van der Waals surface area (Å²) in [7, 11) is -2.97. The Morgan fingerprint density at radius 1 is 1.39 bits per heavy atom. The van der Waals surface area contributed by atoms with Crippen molar-refractivity contribution in [2.45, 2.75) is 50.6 Å². The smallest absolute Gasteiger partial charge is 0.240 e. The van der Waals surface area contributed by atoms with E-state index in [9.17, 15) is 13.2 Å². The number of hydrogen-bond acceptors (Lipinski definition) is 4. The number of carbonyl (C=O) groups excluding carboxylic acids is 1. The van der Waals surface area contributed by atoms with Crippen LogP contribution in [0.4, 0.5) is 0 Å². The molecule has 1 amide bonds. The number of halogens is 1. The largest absolute Gasteiger partial charge is 0.352 e. The van der Waals surface area contributed by atoms with Gasteiger partial charge in [0.15, 0.2) is 0 Å². The third-order valence-corrected chi connectivity index (χ3v) is 4.22. The molecule has 1 saturated carbocycles. The number of sulfone groups is 1. The fourth-order valence-electron chi connectivity index (χ4n) is 2.06.